The number of benzene rings is 3. The van der Waals surface area contributed by atoms with Crippen LogP contribution in [0, 0.1) is 25.0 Å². The topological polar surface area (TPSA) is 44.9 Å². The zero-order valence-corrected chi connectivity index (χ0v) is 35.0. The Morgan fingerprint density at radius 3 is 2.42 bits per heavy atom. The van der Waals surface area contributed by atoms with E-state index in [2.05, 4.69) is 137 Å². The summed E-state index contributed by atoms with van der Waals surface area (Å²) in [6.07, 6.45) is 13.3. The normalized spacial score (nSPS) is 16.2. The third kappa shape index (κ3) is 7.83. The molecule has 0 saturated heterocycles. The number of aromatic nitrogens is 4. The summed E-state index contributed by atoms with van der Waals surface area (Å²) >= 11 is 0. The van der Waals surface area contributed by atoms with E-state index in [-0.39, 0.29) is 26.5 Å². The minimum absolute atomic E-state index is 0. The van der Waals surface area contributed by atoms with Gasteiger partial charge >= 0.3 is 21.1 Å². The Balaban J connectivity index is 0.00000481. The van der Waals surface area contributed by atoms with Crippen molar-refractivity contribution in [3.63, 3.8) is 0 Å². The number of fused-ring (bicyclic) bond motifs is 3. The fourth-order valence-corrected chi connectivity index (χ4v) is 8.14. The van der Waals surface area contributed by atoms with Crippen LogP contribution in [0.4, 0.5) is 0 Å². The molecule has 1 unspecified atom stereocenters. The number of unbranched alkanes of at least 4 members (excludes halogenated alkanes) is 2. The summed E-state index contributed by atoms with van der Waals surface area (Å²) in [6, 6.07) is 28.8. The second-order valence-corrected chi connectivity index (χ2v) is 16.0. The van der Waals surface area contributed by atoms with Gasteiger partial charge < -0.3 is 9.30 Å². The van der Waals surface area contributed by atoms with E-state index in [0.717, 1.165) is 78.6 Å². The maximum atomic E-state index is 6.76. The third-order valence-electron chi connectivity index (χ3n) is 11.0. The van der Waals surface area contributed by atoms with Crippen molar-refractivity contribution in [3.8, 4) is 23.0 Å². The fourth-order valence-electron chi connectivity index (χ4n) is 8.14. The Bertz CT molecular complexity index is 2250. The summed E-state index contributed by atoms with van der Waals surface area (Å²) in [5.41, 5.74) is 10.7. The van der Waals surface area contributed by atoms with E-state index < -0.39 is 0 Å². The van der Waals surface area contributed by atoms with E-state index in [1.54, 1.807) is 0 Å². The van der Waals surface area contributed by atoms with Gasteiger partial charge in [-0.1, -0.05) is 89.7 Å². The van der Waals surface area contributed by atoms with Gasteiger partial charge in [0.25, 0.3) is 0 Å². The molecule has 0 saturated carbocycles. The van der Waals surface area contributed by atoms with Crippen molar-refractivity contribution < 1.29 is 25.8 Å². The van der Waals surface area contributed by atoms with E-state index in [1.807, 2.05) is 12.3 Å². The standard InChI is InChI=1S/C47H54N4O.Pt/c1-9-11-18-34-24-25-48-44(26-34)50-41-21-14-13-19-39(41)40-23-22-37(30-43(40)50)52-38-28-35(47(6,7)8)27-36(29-38)51-42(20-12-10-2)46(33(5)49-51)45-31(3)16-15-17-32(45)4;/h13-14,16,19,21-28,32,45H,9-12,15,17-18,20H2,1-8H3;/q-2;+2/t32-,45?;/m0./s1. The van der Waals surface area contributed by atoms with Gasteiger partial charge in [-0.05, 0) is 98.5 Å². The van der Waals surface area contributed by atoms with Crippen LogP contribution in [0.2, 0.25) is 0 Å². The Labute approximate surface area is 331 Å². The van der Waals surface area contributed by atoms with Crippen LogP contribution in [0.5, 0.6) is 11.5 Å². The minimum Gasteiger partial charge on any atom is -0.509 e. The molecule has 3 aromatic heterocycles. The molecule has 2 atom stereocenters. The number of aryl methyl sites for hydroxylation is 2. The molecule has 0 amide bonds. The molecule has 0 radical (unpaired) electrons. The van der Waals surface area contributed by atoms with Gasteiger partial charge in [0.2, 0.25) is 0 Å². The van der Waals surface area contributed by atoms with Crippen molar-refractivity contribution in [2.24, 2.45) is 5.92 Å². The largest absolute Gasteiger partial charge is 2.00 e. The summed E-state index contributed by atoms with van der Waals surface area (Å²) in [6.45, 7) is 18.2. The first kappa shape index (κ1) is 38.8. The third-order valence-corrected chi connectivity index (χ3v) is 11.0. The van der Waals surface area contributed by atoms with Crippen molar-refractivity contribution in [2.75, 3.05) is 0 Å². The summed E-state index contributed by atoms with van der Waals surface area (Å²) in [5, 5.41) is 7.57. The van der Waals surface area contributed by atoms with Crippen LogP contribution in [0.25, 0.3) is 33.3 Å². The van der Waals surface area contributed by atoms with E-state index in [9.17, 15) is 0 Å². The first-order valence-corrected chi connectivity index (χ1v) is 19.5. The molecule has 5 nitrogen and oxygen atoms in total. The zero-order valence-electron chi connectivity index (χ0n) is 32.8. The molecule has 1 aliphatic carbocycles. The molecule has 278 valence electrons. The van der Waals surface area contributed by atoms with Gasteiger partial charge in [0.05, 0.1) is 5.69 Å². The predicted octanol–water partition coefficient (Wildman–Crippen LogP) is 12.5. The average Bonchev–Trinajstić information content (AvgIpc) is 3.63. The summed E-state index contributed by atoms with van der Waals surface area (Å²) in [4.78, 5) is 4.85. The number of para-hydroxylation sites is 1. The molecule has 1 aliphatic rings. The fraction of sp³-hybridized carbons (Fsp3) is 0.404. The number of nitrogens with zero attached hydrogens (tertiary/aromatic N) is 4. The first-order chi connectivity index (χ1) is 25.1. The molecule has 0 fully saturated rings. The second kappa shape index (κ2) is 16.2. The molecule has 0 N–H and O–H groups in total. The first-order valence-electron chi connectivity index (χ1n) is 19.5. The number of hydrogen-bond donors (Lipinski definition) is 0. The number of pyridine rings is 1. The van der Waals surface area contributed by atoms with Crippen LogP contribution in [-0.2, 0) is 39.3 Å². The van der Waals surface area contributed by atoms with Crippen molar-refractivity contribution in [2.45, 2.75) is 118 Å². The average molecular weight is 886 g/mol. The van der Waals surface area contributed by atoms with Crippen molar-refractivity contribution in [1.29, 1.82) is 0 Å². The van der Waals surface area contributed by atoms with Crippen LogP contribution in [0.15, 0.2) is 78.5 Å². The number of allylic oxidation sites excluding steroid dienone is 2. The smallest absolute Gasteiger partial charge is 0.509 e. The molecule has 3 heterocycles. The monoisotopic (exact) mass is 885 g/mol. The summed E-state index contributed by atoms with van der Waals surface area (Å²) < 4.78 is 11.2. The van der Waals surface area contributed by atoms with Gasteiger partial charge in [-0.25, -0.2) is 4.98 Å². The van der Waals surface area contributed by atoms with E-state index in [1.165, 1.54) is 39.8 Å². The van der Waals surface area contributed by atoms with Crippen LogP contribution < -0.4 is 4.74 Å². The Hall–Kier alpha value is -3.95. The van der Waals surface area contributed by atoms with Crippen molar-refractivity contribution >= 4 is 21.8 Å². The van der Waals surface area contributed by atoms with Gasteiger partial charge in [0.1, 0.15) is 5.82 Å². The van der Waals surface area contributed by atoms with Gasteiger partial charge in [-0.3, -0.25) is 4.68 Å². The second-order valence-electron chi connectivity index (χ2n) is 16.0. The van der Waals surface area contributed by atoms with E-state index in [4.69, 9.17) is 14.8 Å². The molecule has 3 aromatic carbocycles. The molecular weight excluding hydrogens is 832 g/mol. The minimum atomic E-state index is -0.109. The number of hydrogen-bond acceptors (Lipinski definition) is 3. The van der Waals surface area contributed by atoms with Crippen molar-refractivity contribution in [1.82, 2.24) is 19.3 Å². The SMILES string of the molecule is CCCCc1ccnc(-n2c3[c-]c(Oc4[c-]c(-n5nc(C)c(C6C(C)=CCC[C@@H]6C)c5CCCC)cc(C(C)(C)C)c4)ccc3c3ccccc32)c1.[Pt+2]. The Morgan fingerprint density at radius 1 is 0.887 bits per heavy atom. The molecule has 0 aliphatic heterocycles. The molecule has 6 aromatic rings. The molecular formula is C47H54N4OPt. The van der Waals surface area contributed by atoms with E-state index >= 15 is 0 Å². The number of ether oxygens (including phenoxy) is 1. The van der Waals surface area contributed by atoms with Crippen LogP contribution in [0.1, 0.15) is 121 Å². The maximum absolute atomic E-state index is 6.76. The molecule has 53 heavy (non-hydrogen) atoms. The van der Waals surface area contributed by atoms with E-state index in [0.29, 0.717) is 23.3 Å². The zero-order chi connectivity index (χ0) is 36.6. The van der Waals surface area contributed by atoms with Gasteiger partial charge in [-0.2, -0.15) is 11.2 Å². The Morgan fingerprint density at radius 2 is 1.66 bits per heavy atom. The molecule has 7 rings (SSSR count). The van der Waals surface area contributed by atoms with Gasteiger partial charge in [-0.15, -0.1) is 41.3 Å². The van der Waals surface area contributed by atoms with Crippen LogP contribution in [-0.4, -0.2) is 19.3 Å². The van der Waals surface area contributed by atoms with Gasteiger partial charge in [0, 0.05) is 40.4 Å². The quantitative estimate of drug-likeness (QED) is 0.0962. The maximum Gasteiger partial charge on any atom is 2.00 e. The molecule has 0 bridgehead atoms. The molecule has 6 heteroatoms. The predicted molar refractivity (Wildman–Crippen MR) is 215 cm³/mol. The number of rotatable bonds is 11. The summed E-state index contributed by atoms with van der Waals surface area (Å²) in [5.74, 6) is 3.19. The Kier molecular flexibility index (Phi) is 11.8. The van der Waals surface area contributed by atoms with Crippen LogP contribution in [0.3, 0.4) is 0 Å². The molecule has 0 spiro atoms. The summed E-state index contributed by atoms with van der Waals surface area (Å²) in [7, 11) is 0. The van der Waals surface area contributed by atoms with Crippen molar-refractivity contribution in [3.05, 3.63) is 119 Å². The van der Waals surface area contributed by atoms with Crippen LogP contribution >= 0.6 is 0 Å². The van der Waals surface area contributed by atoms with Gasteiger partial charge in [0.15, 0.2) is 0 Å².